The molecule has 5 nitrogen and oxygen atoms in total. The Morgan fingerprint density at radius 1 is 1.15 bits per heavy atom. The van der Waals surface area contributed by atoms with Gasteiger partial charge in [0.05, 0.1) is 13.1 Å². The number of hydrogen-bond acceptors (Lipinski definition) is 3. The van der Waals surface area contributed by atoms with Crippen molar-refractivity contribution in [2.45, 2.75) is 25.4 Å². The third kappa shape index (κ3) is 4.81. The van der Waals surface area contributed by atoms with Crippen molar-refractivity contribution in [2.75, 3.05) is 18.0 Å². The average molecular weight is 356 g/mol. The van der Waals surface area contributed by atoms with Crippen LogP contribution in [0.1, 0.15) is 18.4 Å². The molecule has 1 N–H and O–H groups in total. The van der Waals surface area contributed by atoms with E-state index in [9.17, 15) is 14.0 Å². The molecule has 6 heteroatoms. The summed E-state index contributed by atoms with van der Waals surface area (Å²) in [5.74, 6) is -0.419. The van der Waals surface area contributed by atoms with E-state index >= 15 is 0 Å². The van der Waals surface area contributed by atoms with E-state index in [1.54, 1.807) is 0 Å². The van der Waals surface area contributed by atoms with Crippen molar-refractivity contribution in [1.29, 1.82) is 0 Å². The Bertz CT molecular complexity index is 749. The Hall–Kier alpha value is -2.89. The van der Waals surface area contributed by atoms with E-state index in [1.807, 2.05) is 30.3 Å². The first-order chi connectivity index (χ1) is 12.6. The molecule has 1 fully saturated rings. The van der Waals surface area contributed by atoms with E-state index in [4.69, 9.17) is 4.74 Å². The van der Waals surface area contributed by atoms with Crippen LogP contribution in [0.3, 0.4) is 0 Å². The minimum absolute atomic E-state index is 0.0581. The number of hydrogen-bond donors (Lipinski definition) is 1. The number of nitrogens with zero attached hydrogens (tertiary/aromatic N) is 1. The lowest BCUT2D eigenvalue weighted by atomic mass is 10.1. The molecule has 1 unspecified atom stereocenters. The summed E-state index contributed by atoms with van der Waals surface area (Å²) in [7, 11) is 0. The lowest BCUT2D eigenvalue weighted by Crippen LogP contribution is -2.34. The van der Waals surface area contributed by atoms with Crippen LogP contribution in [0.2, 0.25) is 0 Å². The lowest BCUT2D eigenvalue weighted by molar-refractivity contribution is -0.121. The minimum atomic E-state index is -0.486. The summed E-state index contributed by atoms with van der Waals surface area (Å²) in [6, 6.07) is 15.7. The monoisotopic (exact) mass is 356 g/mol. The molecule has 136 valence electrons. The number of ether oxygens (including phenoxy) is 1. The molecule has 0 bridgehead atoms. The molecule has 26 heavy (non-hydrogen) atoms. The summed E-state index contributed by atoms with van der Waals surface area (Å²) >= 11 is 0. The summed E-state index contributed by atoms with van der Waals surface area (Å²) in [6.45, 7) is 0.600. The molecular weight excluding hydrogens is 335 g/mol. The third-order valence-electron chi connectivity index (χ3n) is 4.25. The molecule has 3 rings (SSSR count). The second kappa shape index (κ2) is 8.47. The van der Waals surface area contributed by atoms with Crippen LogP contribution < -0.4 is 10.2 Å². The molecule has 1 aliphatic rings. The van der Waals surface area contributed by atoms with Crippen LogP contribution in [-0.4, -0.2) is 31.2 Å². The van der Waals surface area contributed by atoms with Gasteiger partial charge < -0.3 is 10.1 Å². The second-order valence-corrected chi connectivity index (χ2v) is 6.24. The smallest absolute Gasteiger partial charge is 0.414 e. The maximum Gasteiger partial charge on any atom is 0.414 e. The van der Waals surface area contributed by atoms with Gasteiger partial charge in [-0.1, -0.05) is 30.3 Å². The lowest BCUT2D eigenvalue weighted by Gasteiger charge is -2.13. The van der Waals surface area contributed by atoms with Crippen molar-refractivity contribution < 1.29 is 18.7 Å². The van der Waals surface area contributed by atoms with Gasteiger partial charge in [-0.15, -0.1) is 0 Å². The van der Waals surface area contributed by atoms with Crippen molar-refractivity contribution in [2.24, 2.45) is 0 Å². The number of aryl methyl sites for hydroxylation is 1. The standard InChI is InChI=1S/C20H21FN2O3/c21-16-9-11-17(12-10-16)23-14-18(26-20(23)25)13-22-19(24)8-4-7-15-5-2-1-3-6-15/h1-3,5-6,9-12,18H,4,7-8,13-14H2,(H,22,24). The van der Waals surface area contributed by atoms with E-state index in [-0.39, 0.29) is 18.3 Å². The number of nitrogens with one attached hydrogen (secondary N) is 1. The van der Waals surface area contributed by atoms with Crippen LogP contribution in [0.25, 0.3) is 0 Å². The van der Waals surface area contributed by atoms with E-state index in [2.05, 4.69) is 5.32 Å². The summed E-state index contributed by atoms with van der Waals surface area (Å²) in [6.07, 6.45) is 1.15. The number of carbonyl (C=O) groups is 2. The number of carbonyl (C=O) groups excluding carboxylic acids is 2. The minimum Gasteiger partial charge on any atom is -0.442 e. The first kappa shape index (κ1) is 17.9. The second-order valence-electron chi connectivity index (χ2n) is 6.24. The molecule has 0 spiro atoms. The first-order valence-corrected chi connectivity index (χ1v) is 8.66. The zero-order valence-electron chi connectivity index (χ0n) is 14.4. The van der Waals surface area contributed by atoms with Crippen LogP contribution in [0.4, 0.5) is 14.9 Å². The molecule has 1 aliphatic heterocycles. The Labute approximate surface area is 151 Å². The molecule has 0 aromatic heterocycles. The van der Waals surface area contributed by atoms with Gasteiger partial charge >= 0.3 is 6.09 Å². The molecule has 0 aliphatic carbocycles. The number of halogens is 1. The van der Waals surface area contributed by atoms with Gasteiger partial charge in [0.2, 0.25) is 5.91 Å². The van der Waals surface area contributed by atoms with Gasteiger partial charge in [-0.2, -0.15) is 0 Å². The van der Waals surface area contributed by atoms with Crippen molar-refractivity contribution in [3.05, 3.63) is 66.0 Å². The highest BCUT2D eigenvalue weighted by Gasteiger charge is 2.32. The summed E-state index contributed by atoms with van der Waals surface area (Å²) in [4.78, 5) is 25.3. The van der Waals surface area contributed by atoms with E-state index < -0.39 is 12.2 Å². The predicted octanol–water partition coefficient (Wildman–Crippen LogP) is 3.29. The van der Waals surface area contributed by atoms with Crippen LogP contribution in [0, 0.1) is 5.82 Å². The maximum absolute atomic E-state index is 13.0. The first-order valence-electron chi connectivity index (χ1n) is 8.66. The topological polar surface area (TPSA) is 58.6 Å². The summed E-state index contributed by atoms with van der Waals surface area (Å²) < 4.78 is 18.2. The number of cyclic esters (lactones) is 1. The zero-order chi connectivity index (χ0) is 18.4. The average Bonchev–Trinajstić information content (AvgIpc) is 3.02. The van der Waals surface area contributed by atoms with Gasteiger partial charge in [0.1, 0.15) is 11.9 Å². The number of amides is 2. The highest BCUT2D eigenvalue weighted by Crippen LogP contribution is 2.21. The molecule has 1 atom stereocenters. The Morgan fingerprint density at radius 2 is 1.88 bits per heavy atom. The Morgan fingerprint density at radius 3 is 2.62 bits per heavy atom. The number of benzene rings is 2. The fraction of sp³-hybridized carbons (Fsp3) is 0.300. The highest BCUT2D eigenvalue weighted by molar-refractivity contribution is 5.89. The Kier molecular flexibility index (Phi) is 5.84. The highest BCUT2D eigenvalue weighted by atomic mass is 19.1. The fourth-order valence-corrected chi connectivity index (χ4v) is 2.87. The molecule has 1 heterocycles. The van der Waals surface area contributed by atoms with Gasteiger partial charge in [0.25, 0.3) is 0 Å². The predicted molar refractivity (Wildman–Crippen MR) is 96.4 cm³/mol. The van der Waals surface area contributed by atoms with Gasteiger partial charge in [0, 0.05) is 12.1 Å². The molecular formula is C20H21FN2O3. The van der Waals surface area contributed by atoms with E-state index in [1.165, 1.54) is 34.7 Å². The van der Waals surface area contributed by atoms with Crippen LogP contribution in [0.15, 0.2) is 54.6 Å². The van der Waals surface area contributed by atoms with Gasteiger partial charge in [0.15, 0.2) is 0 Å². The van der Waals surface area contributed by atoms with Crippen molar-refractivity contribution >= 4 is 17.7 Å². The molecule has 2 aromatic carbocycles. The molecule has 0 saturated carbocycles. The quantitative estimate of drug-likeness (QED) is 0.828. The zero-order valence-corrected chi connectivity index (χ0v) is 14.4. The Balaban J connectivity index is 1.40. The summed E-state index contributed by atoms with van der Waals surface area (Å²) in [5.41, 5.74) is 1.79. The number of anilines is 1. The maximum atomic E-state index is 13.0. The van der Waals surface area contributed by atoms with E-state index in [0.29, 0.717) is 18.7 Å². The molecule has 2 aromatic rings. The molecule has 0 radical (unpaired) electrons. The summed E-state index contributed by atoms with van der Waals surface area (Å²) in [5, 5.41) is 2.81. The van der Waals surface area contributed by atoms with Gasteiger partial charge in [-0.25, -0.2) is 9.18 Å². The SMILES string of the molecule is O=C(CCCc1ccccc1)NCC1CN(c2ccc(F)cc2)C(=O)O1. The molecule has 2 amide bonds. The van der Waals surface area contributed by atoms with Crippen LogP contribution in [-0.2, 0) is 16.0 Å². The molecule has 1 saturated heterocycles. The van der Waals surface area contributed by atoms with Gasteiger partial charge in [-0.05, 0) is 42.7 Å². The van der Waals surface area contributed by atoms with Crippen molar-refractivity contribution in [3.63, 3.8) is 0 Å². The van der Waals surface area contributed by atoms with Gasteiger partial charge in [-0.3, -0.25) is 9.69 Å². The van der Waals surface area contributed by atoms with Crippen molar-refractivity contribution in [3.8, 4) is 0 Å². The number of rotatable bonds is 7. The normalized spacial score (nSPS) is 16.4. The van der Waals surface area contributed by atoms with Crippen LogP contribution >= 0.6 is 0 Å². The fourth-order valence-electron chi connectivity index (χ4n) is 2.87. The largest absolute Gasteiger partial charge is 0.442 e. The third-order valence-corrected chi connectivity index (χ3v) is 4.25. The van der Waals surface area contributed by atoms with Crippen LogP contribution in [0.5, 0.6) is 0 Å². The van der Waals surface area contributed by atoms with Crippen molar-refractivity contribution in [1.82, 2.24) is 5.32 Å². The van der Waals surface area contributed by atoms with E-state index in [0.717, 1.165) is 12.8 Å².